The molecule has 0 heterocycles. The van der Waals surface area contributed by atoms with Gasteiger partial charge in [0.1, 0.15) is 11.7 Å². The number of benzene rings is 1. The fourth-order valence-corrected chi connectivity index (χ4v) is 1.52. The molecule has 20 heavy (non-hydrogen) atoms. The van der Waals surface area contributed by atoms with Gasteiger partial charge in [-0.05, 0) is 12.5 Å². The van der Waals surface area contributed by atoms with Gasteiger partial charge in [-0.25, -0.2) is 4.39 Å². The first kappa shape index (κ1) is 16.6. The van der Waals surface area contributed by atoms with E-state index in [1.54, 1.807) is 19.2 Å². The number of halogens is 1. The minimum atomic E-state index is -0.408. The summed E-state index contributed by atoms with van der Waals surface area (Å²) in [6, 6.07) is 4.44. The zero-order valence-electron chi connectivity index (χ0n) is 11.7. The molecule has 0 aliphatic carbocycles. The second kappa shape index (κ2) is 9.41. The van der Waals surface area contributed by atoms with Crippen LogP contribution < -0.4 is 5.73 Å². The van der Waals surface area contributed by atoms with Crippen molar-refractivity contribution in [2.24, 2.45) is 5.73 Å². The Bertz CT molecular complexity index is 427. The van der Waals surface area contributed by atoms with E-state index in [0.717, 1.165) is 6.42 Å². The predicted octanol–water partition coefficient (Wildman–Crippen LogP) is 1.68. The summed E-state index contributed by atoms with van der Waals surface area (Å²) in [4.78, 5) is 0. The Hall–Kier alpha value is -1.50. The summed E-state index contributed by atoms with van der Waals surface area (Å²) in [5.74, 6) is -0.557. The van der Waals surface area contributed by atoms with Crippen molar-refractivity contribution in [3.05, 3.63) is 35.1 Å². The molecular formula is C14H21FN2O3. The third-order valence-corrected chi connectivity index (χ3v) is 2.63. The minimum absolute atomic E-state index is 0.149. The SMILES string of the molecule is COCCOCCCOCc1ccc(C(=N)N)cc1F. The molecule has 1 aromatic rings. The molecule has 0 unspecified atom stereocenters. The van der Waals surface area contributed by atoms with Gasteiger partial charge in [0.05, 0.1) is 19.8 Å². The second-order valence-corrected chi connectivity index (χ2v) is 4.23. The topological polar surface area (TPSA) is 77.6 Å². The average Bonchev–Trinajstić information content (AvgIpc) is 2.43. The van der Waals surface area contributed by atoms with Crippen molar-refractivity contribution in [3.63, 3.8) is 0 Å². The van der Waals surface area contributed by atoms with Crippen LogP contribution >= 0.6 is 0 Å². The summed E-state index contributed by atoms with van der Waals surface area (Å²) in [6.07, 6.45) is 0.747. The van der Waals surface area contributed by atoms with Crippen LogP contribution in [-0.4, -0.2) is 39.4 Å². The van der Waals surface area contributed by atoms with Crippen LogP contribution in [0.1, 0.15) is 17.5 Å². The van der Waals surface area contributed by atoms with Crippen molar-refractivity contribution in [1.29, 1.82) is 5.41 Å². The fraction of sp³-hybridized carbons (Fsp3) is 0.500. The van der Waals surface area contributed by atoms with E-state index in [1.165, 1.54) is 6.07 Å². The van der Waals surface area contributed by atoms with Gasteiger partial charge < -0.3 is 19.9 Å². The first-order valence-electron chi connectivity index (χ1n) is 6.42. The van der Waals surface area contributed by atoms with Crippen LogP contribution in [0.3, 0.4) is 0 Å². The number of hydrogen-bond acceptors (Lipinski definition) is 4. The molecule has 0 bridgehead atoms. The summed E-state index contributed by atoms with van der Waals surface area (Å²) in [7, 11) is 1.62. The second-order valence-electron chi connectivity index (χ2n) is 4.23. The number of nitrogens with two attached hydrogens (primary N) is 1. The van der Waals surface area contributed by atoms with Crippen molar-refractivity contribution in [1.82, 2.24) is 0 Å². The van der Waals surface area contributed by atoms with Gasteiger partial charge in [0, 0.05) is 31.5 Å². The maximum Gasteiger partial charge on any atom is 0.129 e. The van der Waals surface area contributed by atoms with Crippen LogP contribution in [0.2, 0.25) is 0 Å². The lowest BCUT2D eigenvalue weighted by Crippen LogP contribution is -2.12. The number of nitrogens with one attached hydrogen (secondary N) is 1. The maximum atomic E-state index is 13.7. The van der Waals surface area contributed by atoms with Crippen LogP contribution in [0.5, 0.6) is 0 Å². The molecule has 1 rings (SSSR count). The highest BCUT2D eigenvalue weighted by Crippen LogP contribution is 2.11. The molecule has 0 radical (unpaired) electrons. The molecule has 0 aromatic heterocycles. The molecule has 0 aliphatic rings. The third-order valence-electron chi connectivity index (χ3n) is 2.63. The van der Waals surface area contributed by atoms with Gasteiger partial charge in [-0.2, -0.15) is 0 Å². The summed E-state index contributed by atoms with van der Waals surface area (Å²) >= 11 is 0. The van der Waals surface area contributed by atoms with E-state index in [4.69, 9.17) is 25.4 Å². The molecular weight excluding hydrogens is 263 g/mol. The summed E-state index contributed by atoms with van der Waals surface area (Å²) in [5, 5.41) is 7.22. The number of amidine groups is 1. The maximum absolute atomic E-state index is 13.7. The van der Waals surface area contributed by atoms with E-state index in [2.05, 4.69) is 0 Å². The molecule has 6 heteroatoms. The number of hydrogen-bond donors (Lipinski definition) is 2. The lowest BCUT2D eigenvalue weighted by Gasteiger charge is -2.07. The third kappa shape index (κ3) is 6.10. The number of ether oxygens (including phenoxy) is 3. The highest BCUT2D eigenvalue weighted by Gasteiger charge is 2.05. The molecule has 0 aliphatic heterocycles. The summed E-state index contributed by atoms with van der Waals surface area (Å²) in [6.45, 7) is 2.43. The lowest BCUT2D eigenvalue weighted by atomic mass is 10.1. The Morgan fingerprint density at radius 2 is 1.95 bits per heavy atom. The van der Waals surface area contributed by atoms with Crippen molar-refractivity contribution in [3.8, 4) is 0 Å². The van der Waals surface area contributed by atoms with Gasteiger partial charge in [-0.1, -0.05) is 12.1 Å². The lowest BCUT2D eigenvalue weighted by molar-refractivity contribution is 0.0479. The Morgan fingerprint density at radius 1 is 1.20 bits per heavy atom. The Balaban J connectivity index is 2.20. The van der Waals surface area contributed by atoms with Crippen LogP contribution in [-0.2, 0) is 20.8 Å². The van der Waals surface area contributed by atoms with Gasteiger partial charge in [0.2, 0.25) is 0 Å². The Kier molecular flexibility index (Phi) is 7.79. The van der Waals surface area contributed by atoms with Crippen LogP contribution in [0, 0.1) is 11.2 Å². The van der Waals surface area contributed by atoms with Crippen molar-refractivity contribution >= 4 is 5.84 Å². The molecule has 0 amide bonds. The monoisotopic (exact) mass is 284 g/mol. The zero-order valence-corrected chi connectivity index (χ0v) is 11.7. The highest BCUT2D eigenvalue weighted by atomic mass is 19.1. The predicted molar refractivity (Wildman–Crippen MR) is 74.4 cm³/mol. The summed E-state index contributed by atoms with van der Waals surface area (Å²) in [5.41, 5.74) is 6.11. The van der Waals surface area contributed by atoms with Crippen LogP contribution in [0.4, 0.5) is 4.39 Å². The van der Waals surface area contributed by atoms with Crippen molar-refractivity contribution < 1.29 is 18.6 Å². The Labute approximate surface area is 118 Å². The van der Waals surface area contributed by atoms with E-state index in [1.807, 2.05) is 0 Å². The van der Waals surface area contributed by atoms with Crippen molar-refractivity contribution in [2.45, 2.75) is 13.0 Å². The number of rotatable bonds is 10. The molecule has 5 nitrogen and oxygen atoms in total. The normalized spacial score (nSPS) is 10.7. The van der Waals surface area contributed by atoms with Gasteiger partial charge in [0.15, 0.2) is 0 Å². The van der Waals surface area contributed by atoms with Gasteiger partial charge in [0.25, 0.3) is 0 Å². The highest BCUT2D eigenvalue weighted by molar-refractivity contribution is 5.94. The van der Waals surface area contributed by atoms with E-state index in [0.29, 0.717) is 37.6 Å². The molecule has 3 N–H and O–H groups in total. The molecule has 0 fully saturated rings. The molecule has 0 saturated carbocycles. The van der Waals surface area contributed by atoms with E-state index in [9.17, 15) is 4.39 Å². The first-order valence-corrected chi connectivity index (χ1v) is 6.42. The fourth-order valence-electron chi connectivity index (χ4n) is 1.52. The molecule has 0 saturated heterocycles. The molecule has 1 aromatic carbocycles. The van der Waals surface area contributed by atoms with Crippen molar-refractivity contribution in [2.75, 3.05) is 33.5 Å². The van der Waals surface area contributed by atoms with Gasteiger partial charge in [-0.15, -0.1) is 0 Å². The smallest absolute Gasteiger partial charge is 0.129 e. The van der Waals surface area contributed by atoms with E-state index < -0.39 is 5.82 Å². The number of nitrogen functional groups attached to an aromatic ring is 1. The largest absolute Gasteiger partial charge is 0.384 e. The van der Waals surface area contributed by atoms with E-state index in [-0.39, 0.29) is 12.4 Å². The van der Waals surface area contributed by atoms with Crippen LogP contribution in [0.25, 0.3) is 0 Å². The summed E-state index contributed by atoms with van der Waals surface area (Å²) < 4.78 is 29.1. The van der Waals surface area contributed by atoms with Gasteiger partial charge in [-0.3, -0.25) is 5.41 Å². The zero-order chi connectivity index (χ0) is 14.8. The van der Waals surface area contributed by atoms with Crippen LogP contribution in [0.15, 0.2) is 18.2 Å². The van der Waals surface area contributed by atoms with Gasteiger partial charge >= 0.3 is 0 Å². The minimum Gasteiger partial charge on any atom is -0.384 e. The number of methoxy groups -OCH3 is 1. The van der Waals surface area contributed by atoms with E-state index >= 15 is 0 Å². The Morgan fingerprint density at radius 3 is 2.60 bits per heavy atom. The average molecular weight is 284 g/mol. The molecule has 112 valence electrons. The first-order chi connectivity index (χ1) is 9.65. The standard InChI is InChI=1S/C14H21FN2O3/c1-18-7-8-19-5-2-6-20-10-12-4-3-11(14(16)17)9-13(12)15/h3-4,9H,2,5-8,10H2,1H3,(H3,16,17). The molecule has 0 atom stereocenters. The molecule has 0 spiro atoms. The quantitative estimate of drug-likeness (QED) is 0.389.